The van der Waals surface area contributed by atoms with Crippen molar-refractivity contribution < 1.29 is 4.74 Å². The van der Waals surface area contributed by atoms with Crippen molar-refractivity contribution in [2.75, 3.05) is 6.61 Å². The molecule has 1 heterocycles. The smallest absolute Gasteiger partial charge is 0.140 e. The van der Waals surface area contributed by atoms with Gasteiger partial charge in [0, 0.05) is 19.2 Å². The monoisotopic (exact) mass is 231 g/mol. The zero-order valence-corrected chi connectivity index (χ0v) is 10.2. The number of aromatic nitrogens is 2. The summed E-state index contributed by atoms with van der Waals surface area (Å²) in [5.74, 6) is 1.77. The summed E-state index contributed by atoms with van der Waals surface area (Å²) in [6.45, 7) is 3.13. The second kappa shape index (κ2) is 5.01. The molecule has 0 atom stereocenters. The van der Waals surface area contributed by atoms with Crippen LogP contribution in [0.25, 0.3) is 11.4 Å². The van der Waals surface area contributed by atoms with Crippen molar-refractivity contribution in [2.45, 2.75) is 13.5 Å². The molecule has 0 fully saturated rings. The van der Waals surface area contributed by atoms with E-state index in [1.54, 1.807) is 0 Å². The van der Waals surface area contributed by atoms with Crippen LogP contribution >= 0.6 is 0 Å². The van der Waals surface area contributed by atoms with Crippen molar-refractivity contribution in [2.24, 2.45) is 12.8 Å². The number of hydrogen-bond acceptors (Lipinski definition) is 3. The van der Waals surface area contributed by atoms with Gasteiger partial charge in [-0.25, -0.2) is 4.98 Å². The summed E-state index contributed by atoms with van der Waals surface area (Å²) in [5.41, 5.74) is 7.69. The average molecular weight is 231 g/mol. The van der Waals surface area contributed by atoms with Gasteiger partial charge in [0.05, 0.1) is 18.5 Å². The molecule has 0 bridgehead atoms. The fourth-order valence-electron chi connectivity index (χ4n) is 1.79. The van der Waals surface area contributed by atoms with Crippen molar-refractivity contribution in [3.05, 3.63) is 36.2 Å². The van der Waals surface area contributed by atoms with Gasteiger partial charge >= 0.3 is 0 Å². The number of rotatable bonds is 4. The highest BCUT2D eigenvalue weighted by Gasteiger charge is 2.08. The van der Waals surface area contributed by atoms with Crippen LogP contribution in [0.2, 0.25) is 0 Å². The van der Waals surface area contributed by atoms with Crippen LogP contribution in [-0.2, 0) is 13.6 Å². The Kier molecular flexibility index (Phi) is 3.44. The van der Waals surface area contributed by atoms with Gasteiger partial charge in [-0.1, -0.05) is 12.1 Å². The number of nitrogens with zero attached hydrogens (tertiary/aromatic N) is 2. The third kappa shape index (κ3) is 2.31. The summed E-state index contributed by atoms with van der Waals surface area (Å²) in [5, 5.41) is 0. The maximum Gasteiger partial charge on any atom is 0.140 e. The van der Waals surface area contributed by atoms with Gasteiger partial charge in [0.1, 0.15) is 11.6 Å². The molecule has 2 aromatic rings. The molecule has 0 saturated carbocycles. The molecule has 17 heavy (non-hydrogen) atoms. The molecule has 0 spiro atoms. The van der Waals surface area contributed by atoms with Gasteiger partial charge in [-0.05, 0) is 19.1 Å². The van der Waals surface area contributed by atoms with E-state index in [0.717, 1.165) is 22.8 Å². The van der Waals surface area contributed by atoms with Gasteiger partial charge in [0.25, 0.3) is 0 Å². The van der Waals surface area contributed by atoms with Gasteiger partial charge < -0.3 is 15.0 Å². The van der Waals surface area contributed by atoms with Crippen LogP contribution in [0.4, 0.5) is 0 Å². The van der Waals surface area contributed by atoms with Crippen LogP contribution < -0.4 is 10.5 Å². The topological polar surface area (TPSA) is 53.1 Å². The minimum Gasteiger partial charge on any atom is -0.494 e. The Labute approximate surface area is 101 Å². The van der Waals surface area contributed by atoms with Crippen LogP contribution in [0.1, 0.15) is 12.6 Å². The fraction of sp³-hybridized carbons (Fsp3) is 0.308. The van der Waals surface area contributed by atoms with Crippen molar-refractivity contribution in [1.29, 1.82) is 0 Å². The second-order valence-electron chi connectivity index (χ2n) is 3.80. The fourth-order valence-corrected chi connectivity index (χ4v) is 1.79. The van der Waals surface area contributed by atoms with Crippen LogP contribution in [0.3, 0.4) is 0 Å². The molecule has 4 nitrogen and oxygen atoms in total. The van der Waals surface area contributed by atoms with E-state index < -0.39 is 0 Å². The largest absolute Gasteiger partial charge is 0.494 e. The molecule has 4 heteroatoms. The van der Waals surface area contributed by atoms with Crippen molar-refractivity contribution >= 4 is 0 Å². The van der Waals surface area contributed by atoms with Gasteiger partial charge in [-0.15, -0.1) is 0 Å². The number of benzene rings is 1. The molecule has 2 N–H and O–H groups in total. The summed E-state index contributed by atoms with van der Waals surface area (Å²) in [4.78, 5) is 4.39. The predicted molar refractivity (Wildman–Crippen MR) is 67.7 cm³/mol. The summed E-state index contributed by atoms with van der Waals surface area (Å²) in [6, 6.07) is 7.92. The number of imidazole rings is 1. The molecule has 0 amide bonds. The molecule has 0 saturated heterocycles. The minimum absolute atomic E-state index is 0.495. The highest BCUT2D eigenvalue weighted by Crippen LogP contribution is 2.23. The first-order chi connectivity index (χ1) is 8.26. The highest BCUT2D eigenvalue weighted by molar-refractivity contribution is 5.58. The van der Waals surface area contributed by atoms with Crippen LogP contribution in [0.15, 0.2) is 30.5 Å². The summed E-state index contributed by atoms with van der Waals surface area (Å²) >= 11 is 0. The first kappa shape index (κ1) is 11.7. The van der Waals surface area contributed by atoms with Crippen molar-refractivity contribution in [3.8, 4) is 17.1 Å². The molecule has 0 aliphatic heterocycles. The molecule has 2 rings (SSSR count). The molecule has 0 unspecified atom stereocenters. The third-order valence-electron chi connectivity index (χ3n) is 2.70. The molecule has 0 aliphatic carbocycles. The quantitative estimate of drug-likeness (QED) is 0.875. The Morgan fingerprint density at radius 2 is 2.24 bits per heavy atom. The normalized spacial score (nSPS) is 10.5. The van der Waals surface area contributed by atoms with Gasteiger partial charge in [-0.2, -0.15) is 0 Å². The lowest BCUT2D eigenvalue weighted by Gasteiger charge is -2.07. The third-order valence-corrected chi connectivity index (χ3v) is 2.70. The molecule has 0 radical (unpaired) electrons. The maximum atomic E-state index is 5.63. The molecule has 1 aromatic heterocycles. The SMILES string of the molecule is CCOc1cccc(-c2ncc(CN)n2C)c1. The van der Waals surface area contributed by atoms with Gasteiger partial charge in [0.15, 0.2) is 0 Å². The number of hydrogen-bond donors (Lipinski definition) is 1. The van der Waals surface area contributed by atoms with E-state index in [9.17, 15) is 0 Å². The highest BCUT2D eigenvalue weighted by atomic mass is 16.5. The van der Waals surface area contributed by atoms with E-state index in [2.05, 4.69) is 4.98 Å². The van der Waals surface area contributed by atoms with E-state index in [-0.39, 0.29) is 0 Å². The maximum absolute atomic E-state index is 5.63. The zero-order chi connectivity index (χ0) is 12.3. The second-order valence-corrected chi connectivity index (χ2v) is 3.80. The van der Waals surface area contributed by atoms with Crippen molar-refractivity contribution in [3.63, 3.8) is 0 Å². The lowest BCUT2D eigenvalue weighted by Crippen LogP contribution is -2.04. The first-order valence-electron chi connectivity index (χ1n) is 5.70. The summed E-state index contributed by atoms with van der Waals surface area (Å²) < 4.78 is 7.48. The Morgan fingerprint density at radius 3 is 2.88 bits per heavy atom. The van der Waals surface area contributed by atoms with E-state index in [4.69, 9.17) is 10.5 Å². The van der Waals surface area contributed by atoms with Crippen LogP contribution in [-0.4, -0.2) is 16.2 Å². The number of nitrogens with two attached hydrogens (primary N) is 1. The minimum atomic E-state index is 0.495. The van der Waals surface area contributed by atoms with Crippen molar-refractivity contribution in [1.82, 2.24) is 9.55 Å². The molecule has 1 aromatic carbocycles. The first-order valence-corrected chi connectivity index (χ1v) is 5.70. The molecular weight excluding hydrogens is 214 g/mol. The summed E-state index contributed by atoms with van der Waals surface area (Å²) in [6.07, 6.45) is 1.81. The van der Waals surface area contributed by atoms with E-state index in [1.807, 2.05) is 49.0 Å². The average Bonchev–Trinajstić information content (AvgIpc) is 2.71. The lowest BCUT2D eigenvalue weighted by atomic mass is 10.2. The Bertz CT molecular complexity index is 505. The van der Waals surface area contributed by atoms with Crippen LogP contribution in [0, 0.1) is 0 Å². The summed E-state index contributed by atoms with van der Waals surface area (Å²) in [7, 11) is 1.97. The Balaban J connectivity index is 2.38. The van der Waals surface area contributed by atoms with E-state index in [0.29, 0.717) is 13.2 Å². The number of ether oxygens (including phenoxy) is 1. The van der Waals surface area contributed by atoms with Crippen LogP contribution in [0.5, 0.6) is 5.75 Å². The van der Waals surface area contributed by atoms with Gasteiger partial charge in [-0.3, -0.25) is 0 Å². The molecular formula is C13H17N3O. The van der Waals surface area contributed by atoms with Gasteiger partial charge in [0.2, 0.25) is 0 Å². The zero-order valence-electron chi connectivity index (χ0n) is 10.2. The van der Waals surface area contributed by atoms with E-state index >= 15 is 0 Å². The predicted octanol–water partition coefficient (Wildman–Crippen LogP) is 1.94. The Hall–Kier alpha value is -1.81. The standard InChI is InChI=1S/C13H17N3O/c1-3-17-12-6-4-5-10(7-12)13-15-9-11(8-14)16(13)2/h4-7,9H,3,8,14H2,1-2H3. The Morgan fingerprint density at radius 1 is 1.41 bits per heavy atom. The molecule has 0 aliphatic rings. The molecule has 90 valence electrons. The lowest BCUT2D eigenvalue weighted by molar-refractivity contribution is 0.340. The van der Waals surface area contributed by atoms with E-state index in [1.165, 1.54) is 0 Å².